The highest BCUT2D eigenvalue weighted by atomic mass is 32.2. The van der Waals surface area contributed by atoms with Crippen LogP contribution in [-0.4, -0.2) is 42.3 Å². The minimum atomic E-state index is -0.137. The second-order valence-electron chi connectivity index (χ2n) is 5.94. The van der Waals surface area contributed by atoms with Gasteiger partial charge in [0, 0.05) is 42.9 Å². The van der Waals surface area contributed by atoms with E-state index in [9.17, 15) is 4.79 Å². The van der Waals surface area contributed by atoms with Crippen molar-refractivity contribution in [1.82, 2.24) is 24.9 Å². The van der Waals surface area contributed by atoms with E-state index in [0.29, 0.717) is 30.2 Å². The molecule has 4 N–H and O–H groups in total. The van der Waals surface area contributed by atoms with Crippen molar-refractivity contribution in [2.75, 3.05) is 17.6 Å². The number of imidazole rings is 1. The van der Waals surface area contributed by atoms with Gasteiger partial charge < -0.3 is 15.4 Å². The van der Waals surface area contributed by atoms with Crippen LogP contribution in [0.2, 0.25) is 0 Å². The summed E-state index contributed by atoms with van der Waals surface area (Å²) in [6, 6.07) is 3.78. The van der Waals surface area contributed by atoms with Crippen molar-refractivity contribution in [3.63, 3.8) is 0 Å². The third-order valence-corrected chi connectivity index (χ3v) is 5.02. The van der Waals surface area contributed by atoms with E-state index in [1.54, 1.807) is 36.7 Å². The largest absolute Gasteiger partial charge is 0.390 e. The van der Waals surface area contributed by atoms with Crippen LogP contribution in [-0.2, 0) is 18.8 Å². The molecule has 3 aromatic rings. The molecule has 0 aromatic carbocycles. The molecular formula is C18H22N6O2S. The summed E-state index contributed by atoms with van der Waals surface area (Å²) < 4.78 is 0. The average molecular weight is 386 g/mol. The molecule has 0 aliphatic rings. The lowest BCUT2D eigenvalue weighted by Gasteiger charge is -2.06. The number of aromatic amines is 2. The summed E-state index contributed by atoms with van der Waals surface area (Å²) in [7, 11) is 0. The Morgan fingerprint density at radius 3 is 2.96 bits per heavy atom. The van der Waals surface area contributed by atoms with Crippen LogP contribution in [0.25, 0.3) is 0 Å². The summed E-state index contributed by atoms with van der Waals surface area (Å²) in [6.07, 6.45) is 8.10. The molecular weight excluding hydrogens is 364 g/mol. The summed E-state index contributed by atoms with van der Waals surface area (Å²) in [5.41, 5.74) is 3.12. The van der Waals surface area contributed by atoms with Gasteiger partial charge in [-0.2, -0.15) is 11.8 Å². The van der Waals surface area contributed by atoms with Crippen molar-refractivity contribution in [2.24, 2.45) is 0 Å². The number of aromatic nitrogens is 5. The van der Waals surface area contributed by atoms with Crippen LogP contribution in [0, 0.1) is 0 Å². The van der Waals surface area contributed by atoms with Gasteiger partial charge in [0.2, 0.25) is 5.95 Å². The Morgan fingerprint density at radius 1 is 1.26 bits per heavy atom. The molecule has 0 amide bonds. The minimum absolute atomic E-state index is 0.0449. The Bertz CT molecular complexity index is 896. The molecule has 9 heteroatoms. The first-order valence-corrected chi connectivity index (χ1v) is 9.82. The number of rotatable bonds is 10. The standard InChI is InChI=1S/C18H22N6O2S/c25-10-15-16(23-12-22-15)11-27-6-2-5-20-18-21-9-14(17(26)24-18)7-13-3-1-4-19-8-13/h1,3-4,8-9,12,25H,2,5-7,10-11H2,(H,22,23)(H2,20,21,24,26). The Morgan fingerprint density at radius 2 is 2.19 bits per heavy atom. The van der Waals surface area contributed by atoms with Crippen LogP contribution in [0.3, 0.4) is 0 Å². The third kappa shape index (κ3) is 5.66. The highest BCUT2D eigenvalue weighted by Gasteiger charge is 2.05. The molecule has 0 aliphatic carbocycles. The van der Waals surface area contributed by atoms with Crippen LogP contribution in [0.1, 0.15) is 28.9 Å². The van der Waals surface area contributed by atoms with E-state index in [2.05, 4.69) is 30.2 Å². The van der Waals surface area contributed by atoms with Gasteiger partial charge >= 0.3 is 0 Å². The molecule has 142 valence electrons. The smallest absolute Gasteiger partial charge is 0.255 e. The predicted molar refractivity (Wildman–Crippen MR) is 106 cm³/mol. The number of hydrogen-bond donors (Lipinski definition) is 4. The first-order chi connectivity index (χ1) is 13.3. The Balaban J connectivity index is 1.40. The molecule has 0 saturated carbocycles. The fourth-order valence-electron chi connectivity index (χ4n) is 2.53. The van der Waals surface area contributed by atoms with E-state index >= 15 is 0 Å². The van der Waals surface area contributed by atoms with E-state index in [0.717, 1.165) is 29.2 Å². The summed E-state index contributed by atoms with van der Waals surface area (Å²) in [4.78, 5) is 30.4. The zero-order valence-electron chi connectivity index (χ0n) is 14.8. The number of aliphatic hydroxyl groups excluding tert-OH is 1. The number of aliphatic hydroxyl groups is 1. The van der Waals surface area contributed by atoms with Gasteiger partial charge in [0.25, 0.3) is 5.56 Å². The van der Waals surface area contributed by atoms with Crippen molar-refractivity contribution < 1.29 is 5.11 Å². The van der Waals surface area contributed by atoms with Crippen LogP contribution in [0.4, 0.5) is 5.95 Å². The zero-order chi connectivity index (χ0) is 18.9. The molecule has 3 aromatic heterocycles. The van der Waals surface area contributed by atoms with Crippen LogP contribution < -0.4 is 10.9 Å². The van der Waals surface area contributed by atoms with Crippen LogP contribution in [0.5, 0.6) is 0 Å². The third-order valence-electron chi connectivity index (χ3n) is 3.95. The van der Waals surface area contributed by atoms with E-state index in [-0.39, 0.29) is 12.2 Å². The molecule has 27 heavy (non-hydrogen) atoms. The van der Waals surface area contributed by atoms with Crippen molar-refractivity contribution >= 4 is 17.7 Å². The molecule has 3 rings (SSSR count). The monoisotopic (exact) mass is 386 g/mol. The highest BCUT2D eigenvalue weighted by Crippen LogP contribution is 2.14. The topological polar surface area (TPSA) is 120 Å². The quantitative estimate of drug-likeness (QED) is 0.392. The summed E-state index contributed by atoms with van der Waals surface area (Å²) in [5, 5.41) is 12.3. The van der Waals surface area contributed by atoms with Crippen LogP contribution in [0.15, 0.2) is 41.8 Å². The molecule has 0 aliphatic heterocycles. The van der Waals surface area contributed by atoms with Gasteiger partial charge in [-0.05, 0) is 23.8 Å². The molecule has 0 unspecified atom stereocenters. The maximum Gasteiger partial charge on any atom is 0.255 e. The number of pyridine rings is 1. The highest BCUT2D eigenvalue weighted by molar-refractivity contribution is 7.98. The van der Waals surface area contributed by atoms with Gasteiger partial charge in [0.05, 0.1) is 24.3 Å². The van der Waals surface area contributed by atoms with Crippen LogP contribution >= 0.6 is 11.8 Å². The summed E-state index contributed by atoms with van der Waals surface area (Å²) in [6.45, 7) is 0.671. The average Bonchev–Trinajstić information content (AvgIpc) is 3.15. The normalized spacial score (nSPS) is 10.9. The second-order valence-corrected chi connectivity index (χ2v) is 7.05. The number of H-pyrrole nitrogens is 2. The number of nitrogens with zero attached hydrogens (tertiary/aromatic N) is 3. The number of thioether (sulfide) groups is 1. The lowest BCUT2D eigenvalue weighted by molar-refractivity contribution is 0.276. The van der Waals surface area contributed by atoms with Gasteiger partial charge in [0.15, 0.2) is 0 Å². The van der Waals surface area contributed by atoms with Crippen molar-refractivity contribution in [1.29, 1.82) is 0 Å². The Labute approximate surface area is 160 Å². The summed E-state index contributed by atoms with van der Waals surface area (Å²) >= 11 is 1.76. The Kier molecular flexibility index (Phi) is 7.00. The first-order valence-electron chi connectivity index (χ1n) is 8.67. The van der Waals surface area contributed by atoms with E-state index in [1.807, 2.05) is 12.1 Å². The number of hydrogen-bond acceptors (Lipinski definition) is 7. The summed E-state index contributed by atoms with van der Waals surface area (Å²) in [5.74, 6) is 2.21. The molecule has 0 radical (unpaired) electrons. The van der Waals surface area contributed by atoms with Gasteiger partial charge in [-0.1, -0.05) is 6.07 Å². The predicted octanol–water partition coefficient (Wildman–Crippen LogP) is 1.71. The molecule has 0 saturated heterocycles. The fourth-order valence-corrected chi connectivity index (χ4v) is 3.47. The van der Waals surface area contributed by atoms with Gasteiger partial charge in [-0.3, -0.25) is 14.8 Å². The Hall–Kier alpha value is -2.65. The SMILES string of the molecule is O=c1[nH]c(NCCCSCc2[nH]cnc2CO)ncc1Cc1cccnc1. The maximum absolute atomic E-state index is 12.2. The molecule has 0 atom stereocenters. The van der Waals surface area contributed by atoms with E-state index in [4.69, 9.17) is 5.11 Å². The maximum atomic E-state index is 12.2. The zero-order valence-corrected chi connectivity index (χ0v) is 15.6. The molecule has 0 fully saturated rings. The second kappa shape index (κ2) is 9.89. The van der Waals surface area contributed by atoms with E-state index in [1.165, 1.54) is 0 Å². The first kappa shape index (κ1) is 19.1. The number of anilines is 1. The molecule has 3 heterocycles. The van der Waals surface area contributed by atoms with Gasteiger partial charge in [-0.15, -0.1) is 0 Å². The minimum Gasteiger partial charge on any atom is -0.390 e. The van der Waals surface area contributed by atoms with Crippen molar-refractivity contribution in [3.05, 3.63) is 69.9 Å². The van der Waals surface area contributed by atoms with Gasteiger partial charge in [-0.25, -0.2) is 9.97 Å². The van der Waals surface area contributed by atoms with E-state index < -0.39 is 0 Å². The van der Waals surface area contributed by atoms with Crippen molar-refractivity contribution in [3.8, 4) is 0 Å². The van der Waals surface area contributed by atoms with Gasteiger partial charge in [0.1, 0.15) is 0 Å². The molecule has 0 bridgehead atoms. The molecule has 8 nitrogen and oxygen atoms in total. The lowest BCUT2D eigenvalue weighted by atomic mass is 10.1. The molecule has 0 spiro atoms. The lowest BCUT2D eigenvalue weighted by Crippen LogP contribution is -2.17. The fraction of sp³-hybridized carbons (Fsp3) is 0.333. The van der Waals surface area contributed by atoms with Crippen molar-refractivity contribution in [2.45, 2.75) is 25.2 Å². The number of nitrogens with one attached hydrogen (secondary N) is 3.